The minimum atomic E-state index is -0.217. The molecule has 0 aliphatic rings. The van der Waals surface area contributed by atoms with Crippen molar-refractivity contribution in [3.05, 3.63) is 65.0 Å². The Kier molecular flexibility index (Phi) is 3.65. The quantitative estimate of drug-likeness (QED) is 0.594. The van der Waals surface area contributed by atoms with E-state index in [4.69, 9.17) is 11.6 Å². The molecule has 1 N–H and O–H groups in total. The number of rotatable bonds is 4. The molecule has 0 bridgehead atoms. The highest BCUT2D eigenvalue weighted by atomic mass is 35.5. The molecule has 0 spiro atoms. The highest BCUT2D eigenvalue weighted by Gasteiger charge is 2.22. The van der Waals surface area contributed by atoms with Crippen LogP contribution in [0.2, 0.25) is 5.02 Å². The van der Waals surface area contributed by atoms with Gasteiger partial charge in [0.2, 0.25) is 5.78 Å². The highest BCUT2D eigenvalue weighted by molar-refractivity contribution is 6.30. The molecule has 2 heterocycles. The van der Waals surface area contributed by atoms with Crippen LogP contribution in [0.3, 0.4) is 0 Å². The largest absolute Gasteiger partial charge is 0.347 e. The topological polar surface area (TPSA) is 67.8 Å². The number of aldehydes is 1. The maximum atomic E-state index is 12.6. The second-order valence-corrected chi connectivity index (χ2v) is 5.27. The molecular weight excluding hydrogens is 302 g/mol. The minimum Gasteiger partial charge on any atom is -0.347 e. The number of H-pyrrole nitrogens is 1. The molecule has 0 radical (unpaired) electrons. The van der Waals surface area contributed by atoms with Crippen molar-refractivity contribution in [2.75, 3.05) is 0 Å². The summed E-state index contributed by atoms with van der Waals surface area (Å²) in [4.78, 5) is 30.7. The summed E-state index contributed by atoms with van der Waals surface area (Å²) in [5.41, 5.74) is 2.60. The second-order valence-electron chi connectivity index (χ2n) is 4.83. The number of aromatic amines is 1. The van der Waals surface area contributed by atoms with E-state index in [9.17, 15) is 9.59 Å². The highest BCUT2D eigenvalue weighted by Crippen LogP contribution is 2.30. The average molecular weight is 314 g/mol. The van der Waals surface area contributed by atoms with Gasteiger partial charge in [0.25, 0.3) is 0 Å². The first kappa shape index (κ1) is 14.3. The molecule has 1 aromatic carbocycles. The summed E-state index contributed by atoms with van der Waals surface area (Å²) >= 11 is 5.91. The smallest absolute Gasteiger partial charge is 0.212 e. The fourth-order valence-corrected chi connectivity index (χ4v) is 2.53. The molecule has 22 heavy (non-hydrogen) atoms. The van der Waals surface area contributed by atoms with Gasteiger partial charge in [0.1, 0.15) is 5.69 Å². The Balaban J connectivity index is 2.21. The van der Waals surface area contributed by atoms with Crippen LogP contribution in [0.1, 0.15) is 26.5 Å². The number of carbonyl (C=O) groups is 2. The summed E-state index contributed by atoms with van der Waals surface area (Å²) < 4.78 is 1.64. The lowest BCUT2D eigenvalue weighted by Gasteiger charge is -2.05. The number of imidazole rings is 1. The number of carbonyl (C=O) groups excluding carboxylic acids is 2. The third-order valence-electron chi connectivity index (χ3n) is 3.46. The van der Waals surface area contributed by atoms with Crippen molar-refractivity contribution >= 4 is 23.7 Å². The van der Waals surface area contributed by atoms with Crippen LogP contribution < -0.4 is 0 Å². The van der Waals surface area contributed by atoms with E-state index in [0.717, 1.165) is 11.8 Å². The molecule has 0 atom stereocenters. The Morgan fingerprint density at radius 2 is 2.05 bits per heavy atom. The molecule has 3 aromatic rings. The van der Waals surface area contributed by atoms with E-state index < -0.39 is 0 Å². The fraction of sp³-hybridized carbons (Fsp3) is 0.0625. The van der Waals surface area contributed by atoms with Crippen molar-refractivity contribution in [3.63, 3.8) is 0 Å². The third-order valence-corrected chi connectivity index (χ3v) is 3.71. The van der Waals surface area contributed by atoms with Gasteiger partial charge in [-0.3, -0.25) is 9.59 Å². The van der Waals surface area contributed by atoms with E-state index >= 15 is 0 Å². The number of benzene rings is 1. The van der Waals surface area contributed by atoms with Gasteiger partial charge >= 0.3 is 0 Å². The molecule has 0 unspecified atom stereocenters. The van der Waals surface area contributed by atoms with E-state index in [1.54, 1.807) is 42.1 Å². The van der Waals surface area contributed by atoms with E-state index in [-0.39, 0.29) is 5.78 Å². The van der Waals surface area contributed by atoms with Crippen LogP contribution >= 0.6 is 11.6 Å². The number of nitrogens with one attached hydrogen (secondary N) is 1. The van der Waals surface area contributed by atoms with Crippen molar-refractivity contribution in [2.45, 2.75) is 0 Å². The number of nitrogens with zero attached hydrogens (tertiary/aromatic N) is 2. The Morgan fingerprint density at radius 3 is 2.64 bits per heavy atom. The summed E-state index contributed by atoms with van der Waals surface area (Å²) in [5.74, 6) is -0.217. The summed E-state index contributed by atoms with van der Waals surface area (Å²) in [6.07, 6.45) is 5.30. The van der Waals surface area contributed by atoms with Gasteiger partial charge < -0.3 is 9.55 Å². The molecule has 6 heteroatoms. The van der Waals surface area contributed by atoms with Crippen molar-refractivity contribution in [2.24, 2.45) is 7.05 Å². The van der Waals surface area contributed by atoms with Crippen molar-refractivity contribution in [1.82, 2.24) is 14.5 Å². The first-order chi connectivity index (χ1) is 10.6. The normalized spacial score (nSPS) is 10.6. The van der Waals surface area contributed by atoms with Gasteiger partial charge in [0.15, 0.2) is 6.29 Å². The molecule has 3 rings (SSSR count). The molecule has 0 aliphatic heterocycles. The van der Waals surface area contributed by atoms with Gasteiger partial charge in [0.05, 0.1) is 23.8 Å². The van der Waals surface area contributed by atoms with E-state index in [0.29, 0.717) is 27.5 Å². The summed E-state index contributed by atoms with van der Waals surface area (Å²) in [6, 6.07) is 7.02. The predicted molar refractivity (Wildman–Crippen MR) is 83.3 cm³/mol. The first-order valence-electron chi connectivity index (χ1n) is 6.55. The third kappa shape index (κ3) is 2.35. The SMILES string of the molecule is Cn1cc(C(=O)c2cnc[nH]2)c(-c2ccc(Cl)cc2)c1C=O. The average Bonchev–Trinajstić information content (AvgIpc) is 3.15. The maximum absolute atomic E-state index is 12.6. The molecule has 0 saturated heterocycles. The Hall–Kier alpha value is -2.66. The van der Waals surface area contributed by atoms with Crippen LogP contribution in [-0.2, 0) is 7.05 Å². The predicted octanol–water partition coefficient (Wildman–Crippen LogP) is 3.11. The molecular formula is C16H12ClN3O2. The van der Waals surface area contributed by atoms with Gasteiger partial charge in [-0.05, 0) is 17.7 Å². The molecule has 2 aromatic heterocycles. The number of aryl methyl sites for hydroxylation is 1. The zero-order chi connectivity index (χ0) is 15.7. The van der Waals surface area contributed by atoms with E-state index in [1.165, 1.54) is 12.5 Å². The molecule has 0 aliphatic carbocycles. The van der Waals surface area contributed by atoms with E-state index in [2.05, 4.69) is 9.97 Å². The van der Waals surface area contributed by atoms with Crippen LogP contribution in [0.4, 0.5) is 0 Å². The maximum Gasteiger partial charge on any atom is 0.212 e. The van der Waals surface area contributed by atoms with Crippen molar-refractivity contribution in [1.29, 1.82) is 0 Å². The first-order valence-corrected chi connectivity index (χ1v) is 6.93. The van der Waals surface area contributed by atoms with Gasteiger partial charge in [-0.2, -0.15) is 0 Å². The van der Waals surface area contributed by atoms with Crippen molar-refractivity contribution in [3.8, 4) is 11.1 Å². The van der Waals surface area contributed by atoms with Crippen LogP contribution in [-0.4, -0.2) is 26.6 Å². The second kappa shape index (κ2) is 5.61. The lowest BCUT2D eigenvalue weighted by atomic mass is 9.98. The number of hydrogen-bond donors (Lipinski definition) is 1. The molecule has 0 fully saturated rings. The zero-order valence-electron chi connectivity index (χ0n) is 11.7. The van der Waals surface area contributed by atoms with E-state index in [1.807, 2.05) is 0 Å². The monoisotopic (exact) mass is 313 g/mol. The van der Waals surface area contributed by atoms with Gasteiger partial charge in [-0.25, -0.2) is 4.98 Å². The summed E-state index contributed by atoms with van der Waals surface area (Å²) in [6.45, 7) is 0. The Morgan fingerprint density at radius 1 is 1.32 bits per heavy atom. The Labute approximate surface area is 131 Å². The van der Waals surface area contributed by atoms with Crippen LogP contribution in [0.5, 0.6) is 0 Å². The summed E-state index contributed by atoms with van der Waals surface area (Å²) in [5, 5.41) is 0.591. The standard InChI is InChI=1S/C16H12ClN3O2/c1-20-7-12(16(22)13-6-18-9-19-13)15(14(20)8-21)10-2-4-11(17)5-3-10/h2-9H,1H3,(H,18,19). The van der Waals surface area contributed by atoms with Crippen LogP contribution in [0.25, 0.3) is 11.1 Å². The zero-order valence-corrected chi connectivity index (χ0v) is 12.5. The van der Waals surface area contributed by atoms with Crippen LogP contribution in [0.15, 0.2) is 43.0 Å². The molecule has 5 nitrogen and oxygen atoms in total. The van der Waals surface area contributed by atoms with Gasteiger partial charge in [-0.15, -0.1) is 0 Å². The molecule has 0 saturated carbocycles. The molecule has 0 amide bonds. The van der Waals surface area contributed by atoms with Gasteiger partial charge in [0, 0.05) is 23.8 Å². The number of aromatic nitrogens is 3. The summed E-state index contributed by atoms with van der Waals surface area (Å²) in [7, 11) is 1.73. The lowest BCUT2D eigenvalue weighted by Crippen LogP contribution is -2.02. The number of halogens is 1. The van der Waals surface area contributed by atoms with Crippen molar-refractivity contribution < 1.29 is 9.59 Å². The molecule has 110 valence electrons. The lowest BCUT2D eigenvalue weighted by molar-refractivity contribution is 0.103. The number of ketones is 1. The van der Waals surface area contributed by atoms with Crippen LogP contribution in [0, 0.1) is 0 Å². The number of hydrogen-bond acceptors (Lipinski definition) is 3. The van der Waals surface area contributed by atoms with Gasteiger partial charge in [-0.1, -0.05) is 23.7 Å². The fourth-order valence-electron chi connectivity index (χ4n) is 2.40. The minimum absolute atomic E-state index is 0.217. The Bertz CT molecular complexity index is 833.